The molecule has 0 aromatic carbocycles. The van der Waals surface area contributed by atoms with Crippen molar-refractivity contribution >= 4 is 40.2 Å². The van der Waals surface area contributed by atoms with Crippen molar-refractivity contribution in [3.63, 3.8) is 0 Å². The van der Waals surface area contributed by atoms with Gasteiger partial charge in [-0.3, -0.25) is 9.59 Å². The lowest BCUT2D eigenvalue weighted by atomic mass is 9.89. The quantitative estimate of drug-likeness (QED) is 0.490. The van der Waals surface area contributed by atoms with Crippen molar-refractivity contribution in [2.45, 2.75) is 31.9 Å². The van der Waals surface area contributed by atoms with E-state index in [1.165, 1.54) is 14.1 Å². The summed E-state index contributed by atoms with van der Waals surface area (Å²) in [5, 5.41) is 17.6. The van der Waals surface area contributed by atoms with E-state index >= 15 is 0 Å². The highest BCUT2D eigenvalue weighted by atomic mass is 16.7. The molecule has 4 rings (SSSR count). The minimum Gasteiger partial charge on any atom is -0.378 e. The molecule has 0 saturated heterocycles. The molecule has 3 aromatic heterocycles. The number of rotatable bonds is 7. The molecule has 4 heterocycles. The molecule has 0 aliphatic carbocycles. The molecule has 3 aromatic rings. The first kappa shape index (κ1) is 21.2. The Balaban J connectivity index is 1.77. The van der Waals surface area contributed by atoms with E-state index in [9.17, 15) is 9.59 Å². The molecule has 1 aliphatic rings. The fourth-order valence-corrected chi connectivity index (χ4v) is 3.58. The Morgan fingerprint density at radius 3 is 2.62 bits per heavy atom. The summed E-state index contributed by atoms with van der Waals surface area (Å²) in [6.07, 6.45) is 6.50. The van der Waals surface area contributed by atoms with Gasteiger partial charge in [-0.15, -0.1) is 0 Å². The summed E-state index contributed by atoms with van der Waals surface area (Å²) in [6, 6.07) is 1.72. The Morgan fingerprint density at radius 2 is 1.94 bits per heavy atom. The zero-order chi connectivity index (χ0) is 22.7. The number of carbonyl (C=O) groups is 2. The number of aryl methyl sites for hydroxylation is 1. The zero-order valence-electron chi connectivity index (χ0n) is 17.9. The van der Waals surface area contributed by atoms with E-state index in [0.717, 1.165) is 5.39 Å². The molecule has 1 aliphatic heterocycles. The standard InChI is InChI=1S/C20H23N9O3/c1-4-29-17-13(11-26-29)16(27-19-23-6-5-7-24-19)12(10-25-17)14-8-20(32-28-14,18(31)22-3)9-15(30)21-2/h5-7,10-11H,4,8-9H2,1-3H3,(H,21,30)(H,22,31)(H,23,24,25,27). The summed E-state index contributed by atoms with van der Waals surface area (Å²) in [5.74, 6) is -0.389. The van der Waals surface area contributed by atoms with Crippen LogP contribution in [-0.4, -0.2) is 62.0 Å². The van der Waals surface area contributed by atoms with Crippen LogP contribution in [0.15, 0.2) is 36.0 Å². The van der Waals surface area contributed by atoms with E-state index in [4.69, 9.17) is 4.84 Å². The maximum absolute atomic E-state index is 12.6. The molecule has 0 bridgehead atoms. The van der Waals surface area contributed by atoms with E-state index < -0.39 is 11.5 Å². The topological polar surface area (TPSA) is 148 Å². The van der Waals surface area contributed by atoms with Crippen molar-refractivity contribution in [2.75, 3.05) is 19.4 Å². The highest BCUT2D eigenvalue weighted by molar-refractivity contribution is 6.13. The summed E-state index contributed by atoms with van der Waals surface area (Å²) in [5.41, 5.74) is 0.929. The van der Waals surface area contributed by atoms with Crippen molar-refractivity contribution < 1.29 is 14.4 Å². The van der Waals surface area contributed by atoms with Crippen LogP contribution < -0.4 is 16.0 Å². The Bertz CT molecular complexity index is 1190. The van der Waals surface area contributed by atoms with Crippen molar-refractivity contribution in [1.29, 1.82) is 0 Å². The van der Waals surface area contributed by atoms with Crippen molar-refractivity contribution in [3.05, 3.63) is 36.4 Å². The van der Waals surface area contributed by atoms with Crippen LogP contribution in [0.3, 0.4) is 0 Å². The van der Waals surface area contributed by atoms with Gasteiger partial charge in [0.1, 0.15) is 0 Å². The first-order chi connectivity index (χ1) is 15.5. The second-order valence-electron chi connectivity index (χ2n) is 7.17. The molecule has 0 fully saturated rings. The van der Waals surface area contributed by atoms with Gasteiger partial charge >= 0.3 is 0 Å². The number of hydrogen-bond donors (Lipinski definition) is 3. The highest BCUT2D eigenvalue weighted by Gasteiger charge is 2.48. The second kappa shape index (κ2) is 8.57. The Morgan fingerprint density at radius 1 is 1.16 bits per heavy atom. The molecule has 2 amide bonds. The Kier molecular flexibility index (Phi) is 5.67. The fraction of sp³-hybridized carbons (Fsp3) is 0.350. The summed E-state index contributed by atoms with van der Waals surface area (Å²) >= 11 is 0. The smallest absolute Gasteiger partial charge is 0.267 e. The van der Waals surface area contributed by atoms with Crippen LogP contribution in [0.4, 0.5) is 11.6 Å². The predicted octanol–water partition coefficient (Wildman–Crippen LogP) is 0.730. The molecule has 0 spiro atoms. The summed E-state index contributed by atoms with van der Waals surface area (Å²) in [7, 11) is 2.99. The molecule has 0 saturated carbocycles. The lowest BCUT2D eigenvalue weighted by molar-refractivity contribution is -0.149. The third kappa shape index (κ3) is 3.70. The SMILES string of the molecule is CCn1ncc2c(Nc3ncccn3)c(C3=NOC(CC(=O)NC)(C(=O)NC)C3)cnc21. The molecule has 12 heteroatoms. The van der Waals surface area contributed by atoms with Crippen molar-refractivity contribution in [2.24, 2.45) is 5.16 Å². The molecule has 32 heavy (non-hydrogen) atoms. The van der Waals surface area contributed by atoms with Crippen LogP contribution in [0.2, 0.25) is 0 Å². The average Bonchev–Trinajstić information content (AvgIpc) is 3.44. The molecular formula is C20H23N9O3. The van der Waals surface area contributed by atoms with Crippen LogP contribution in [0.1, 0.15) is 25.3 Å². The summed E-state index contributed by atoms with van der Waals surface area (Å²) in [4.78, 5) is 43.3. The first-order valence-electron chi connectivity index (χ1n) is 10.1. The number of likely N-dealkylation sites (N-methyl/N-ethyl adjacent to an activating group) is 1. The third-order valence-corrected chi connectivity index (χ3v) is 5.23. The van der Waals surface area contributed by atoms with Gasteiger partial charge in [0.05, 0.1) is 29.4 Å². The average molecular weight is 437 g/mol. The number of anilines is 2. The van der Waals surface area contributed by atoms with Crippen LogP contribution in [0.25, 0.3) is 11.0 Å². The van der Waals surface area contributed by atoms with Gasteiger partial charge in [0.25, 0.3) is 5.91 Å². The molecule has 1 atom stereocenters. The van der Waals surface area contributed by atoms with Gasteiger partial charge in [0.15, 0.2) is 5.65 Å². The van der Waals surface area contributed by atoms with Gasteiger partial charge < -0.3 is 20.8 Å². The number of oxime groups is 1. The molecule has 1 unspecified atom stereocenters. The van der Waals surface area contributed by atoms with Crippen LogP contribution in [-0.2, 0) is 21.0 Å². The molecule has 0 radical (unpaired) electrons. The van der Waals surface area contributed by atoms with Gasteiger partial charge in [-0.05, 0) is 13.0 Å². The van der Waals surface area contributed by atoms with E-state index in [2.05, 4.69) is 41.2 Å². The number of nitrogens with zero attached hydrogens (tertiary/aromatic N) is 6. The van der Waals surface area contributed by atoms with Crippen LogP contribution in [0, 0.1) is 0 Å². The van der Waals surface area contributed by atoms with Crippen LogP contribution in [0.5, 0.6) is 0 Å². The minimum absolute atomic E-state index is 0.0829. The minimum atomic E-state index is -1.45. The molecular weight excluding hydrogens is 414 g/mol. The summed E-state index contributed by atoms with van der Waals surface area (Å²) < 4.78 is 1.77. The normalized spacial score (nSPS) is 17.5. The van der Waals surface area contributed by atoms with Gasteiger partial charge in [-0.1, -0.05) is 5.16 Å². The van der Waals surface area contributed by atoms with Gasteiger partial charge in [-0.2, -0.15) is 5.10 Å². The second-order valence-corrected chi connectivity index (χ2v) is 7.17. The van der Waals surface area contributed by atoms with Gasteiger partial charge in [-0.25, -0.2) is 19.6 Å². The van der Waals surface area contributed by atoms with Crippen LogP contribution >= 0.6 is 0 Å². The van der Waals surface area contributed by atoms with Gasteiger partial charge in [0, 0.05) is 51.2 Å². The number of carbonyl (C=O) groups excluding carboxylic acids is 2. The maximum Gasteiger partial charge on any atom is 0.267 e. The number of amides is 2. The van der Waals surface area contributed by atoms with E-state index in [-0.39, 0.29) is 18.7 Å². The van der Waals surface area contributed by atoms with E-state index in [1.54, 1.807) is 35.5 Å². The first-order valence-corrected chi connectivity index (χ1v) is 10.1. The van der Waals surface area contributed by atoms with E-state index in [1.807, 2.05) is 6.92 Å². The number of pyridine rings is 1. The Hall–Kier alpha value is -4.09. The van der Waals surface area contributed by atoms with Gasteiger partial charge in [0.2, 0.25) is 17.5 Å². The third-order valence-electron chi connectivity index (χ3n) is 5.23. The lowest BCUT2D eigenvalue weighted by Gasteiger charge is -2.23. The number of hydrogen-bond acceptors (Lipinski definition) is 9. The molecule has 166 valence electrons. The predicted molar refractivity (Wildman–Crippen MR) is 116 cm³/mol. The summed E-state index contributed by atoms with van der Waals surface area (Å²) in [6.45, 7) is 2.62. The number of fused-ring (bicyclic) bond motifs is 1. The fourth-order valence-electron chi connectivity index (χ4n) is 3.58. The van der Waals surface area contributed by atoms with Crippen molar-refractivity contribution in [3.8, 4) is 0 Å². The number of nitrogens with one attached hydrogen (secondary N) is 3. The maximum atomic E-state index is 12.6. The largest absolute Gasteiger partial charge is 0.378 e. The number of aromatic nitrogens is 5. The Labute approximate surface area is 183 Å². The lowest BCUT2D eigenvalue weighted by Crippen LogP contribution is -2.48. The molecule has 12 nitrogen and oxygen atoms in total. The van der Waals surface area contributed by atoms with Crippen molar-refractivity contribution in [1.82, 2.24) is 35.4 Å². The monoisotopic (exact) mass is 437 g/mol. The molecule has 3 N–H and O–H groups in total. The van der Waals surface area contributed by atoms with E-state index in [0.29, 0.717) is 35.1 Å². The zero-order valence-corrected chi connectivity index (χ0v) is 17.9. The highest BCUT2D eigenvalue weighted by Crippen LogP contribution is 2.35.